The molecule has 1 aliphatic rings. The Balaban J connectivity index is 1.79. The molecule has 0 bridgehead atoms. The topological polar surface area (TPSA) is 26.3 Å². The number of hydrogen-bond donors (Lipinski definition) is 0. The first kappa shape index (κ1) is 9.25. The highest BCUT2D eigenvalue weighted by Crippen LogP contribution is 2.27. The lowest BCUT2D eigenvalue weighted by molar-refractivity contribution is -0.127. The molecular weight excluding hydrogens is 176 g/mol. The highest BCUT2D eigenvalue weighted by Gasteiger charge is 2.25. The number of carbonyl (C=O) groups is 1. The van der Waals surface area contributed by atoms with Crippen LogP contribution in [0.15, 0.2) is 30.3 Å². The second kappa shape index (κ2) is 4.27. The number of carbonyl (C=O) groups excluding carboxylic acids is 1. The van der Waals surface area contributed by atoms with Crippen LogP contribution in [0.4, 0.5) is 0 Å². The van der Waals surface area contributed by atoms with E-state index in [0.717, 1.165) is 18.6 Å². The minimum Gasteiger partial charge on any atom is -0.486 e. The van der Waals surface area contributed by atoms with E-state index in [1.165, 1.54) is 6.42 Å². The molecule has 1 aromatic carbocycles. The van der Waals surface area contributed by atoms with Crippen molar-refractivity contribution in [2.75, 3.05) is 6.61 Å². The fourth-order valence-corrected chi connectivity index (χ4v) is 1.52. The molecule has 2 heteroatoms. The summed E-state index contributed by atoms with van der Waals surface area (Å²) in [5.74, 6) is 1.30. The van der Waals surface area contributed by atoms with Crippen LogP contribution in [0, 0.1) is 5.92 Å². The SMILES string of the molecule is O=C(COc1ccccc1)C1CCC1. The van der Waals surface area contributed by atoms with Crippen molar-refractivity contribution >= 4 is 5.78 Å². The summed E-state index contributed by atoms with van der Waals surface area (Å²) in [4.78, 5) is 11.5. The van der Waals surface area contributed by atoms with Crippen molar-refractivity contribution in [3.63, 3.8) is 0 Å². The lowest BCUT2D eigenvalue weighted by Gasteiger charge is -2.23. The molecule has 0 N–H and O–H groups in total. The first-order valence-corrected chi connectivity index (χ1v) is 5.07. The van der Waals surface area contributed by atoms with Gasteiger partial charge in [-0.2, -0.15) is 0 Å². The average molecular weight is 190 g/mol. The van der Waals surface area contributed by atoms with E-state index in [1.807, 2.05) is 30.3 Å². The van der Waals surface area contributed by atoms with E-state index in [-0.39, 0.29) is 18.3 Å². The van der Waals surface area contributed by atoms with Gasteiger partial charge in [-0.1, -0.05) is 24.6 Å². The van der Waals surface area contributed by atoms with Gasteiger partial charge in [0.15, 0.2) is 5.78 Å². The summed E-state index contributed by atoms with van der Waals surface area (Å²) in [6, 6.07) is 9.48. The molecule has 74 valence electrons. The van der Waals surface area contributed by atoms with Crippen molar-refractivity contribution in [3.05, 3.63) is 30.3 Å². The van der Waals surface area contributed by atoms with Crippen LogP contribution in [0.3, 0.4) is 0 Å². The van der Waals surface area contributed by atoms with Crippen LogP contribution in [0.5, 0.6) is 5.75 Å². The van der Waals surface area contributed by atoms with Crippen LogP contribution in [0.25, 0.3) is 0 Å². The van der Waals surface area contributed by atoms with Crippen molar-refractivity contribution < 1.29 is 9.53 Å². The molecule has 0 aliphatic heterocycles. The molecule has 14 heavy (non-hydrogen) atoms. The Morgan fingerprint density at radius 3 is 2.57 bits per heavy atom. The van der Waals surface area contributed by atoms with Gasteiger partial charge in [-0.15, -0.1) is 0 Å². The van der Waals surface area contributed by atoms with Crippen LogP contribution in [-0.4, -0.2) is 12.4 Å². The minimum absolute atomic E-state index is 0.231. The average Bonchev–Trinajstić information content (AvgIpc) is 2.14. The summed E-state index contributed by atoms with van der Waals surface area (Å²) in [7, 11) is 0. The minimum atomic E-state index is 0.231. The predicted molar refractivity (Wildman–Crippen MR) is 54.3 cm³/mol. The molecule has 2 nitrogen and oxygen atoms in total. The summed E-state index contributed by atoms with van der Waals surface area (Å²) in [6.45, 7) is 0.231. The van der Waals surface area contributed by atoms with Gasteiger partial charge >= 0.3 is 0 Å². The molecule has 1 fully saturated rings. The van der Waals surface area contributed by atoms with Gasteiger partial charge < -0.3 is 4.74 Å². The Morgan fingerprint density at radius 2 is 2.00 bits per heavy atom. The maximum absolute atomic E-state index is 11.5. The van der Waals surface area contributed by atoms with Gasteiger partial charge in [0, 0.05) is 5.92 Å². The fourth-order valence-electron chi connectivity index (χ4n) is 1.52. The standard InChI is InChI=1S/C12H14O2/c13-12(10-5-4-6-10)9-14-11-7-2-1-3-8-11/h1-3,7-8,10H,4-6,9H2. The van der Waals surface area contributed by atoms with Gasteiger partial charge in [0.2, 0.25) is 0 Å². The van der Waals surface area contributed by atoms with Crippen LogP contribution < -0.4 is 4.74 Å². The lowest BCUT2D eigenvalue weighted by Crippen LogP contribution is -2.26. The quantitative estimate of drug-likeness (QED) is 0.728. The van der Waals surface area contributed by atoms with Crippen molar-refractivity contribution in [2.45, 2.75) is 19.3 Å². The predicted octanol–water partition coefficient (Wildman–Crippen LogP) is 2.43. The van der Waals surface area contributed by atoms with Crippen LogP contribution in [-0.2, 0) is 4.79 Å². The highest BCUT2D eigenvalue weighted by atomic mass is 16.5. The maximum Gasteiger partial charge on any atom is 0.173 e. The summed E-state index contributed by atoms with van der Waals surface area (Å²) in [6.07, 6.45) is 3.30. The van der Waals surface area contributed by atoms with E-state index in [2.05, 4.69) is 0 Å². The number of rotatable bonds is 4. The molecule has 0 aromatic heterocycles. The summed E-state index contributed by atoms with van der Waals surface area (Å²) >= 11 is 0. The summed E-state index contributed by atoms with van der Waals surface area (Å²) < 4.78 is 5.38. The molecule has 1 aromatic rings. The molecule has 0 amide bonds. The molecular formula is C12H14O2. The van der Waals surface area contributed by atoms with E-state index in [0.29, 0.717) is 0 Å². The zero-order valence-electron chi connectivity index (χ0n) is 8.11. The second-order valence-electron chi connectivity index (χ2n) is 3.70. The van der Waals surface area contributed by atoms with Gasteiger partial charge in [-0.05, 0) is 25.0 Å². The fraction of sp³-hybridized carbons (Fsp3) is 0.417. The van der Waals surface area contributed by atoms with Crippen LogP contribution in [0.1, 0.15) is 19.3 Å². The van der Waals surface area contributed by atoms with Gasteiger partial charge in [0.05, 0.1) is 0 Å². The van der Waals surface area contributed by atoms with E-state index >= 15 is 0 Å². The Hall–Kier alpha value is -1.31. The lowest BCUT2D eigenvalue weighted by atomic mass is 9.82. The smallest absolute Gasteiger partial charge is 0.173 e. The zero-order chi connectivity index (χ0) is 9.80. The van der Waals surface area contributed by atoms with E-state index in [9.17, 15) is 4.79 Å². The number of ether oxygens (including phenoxy) is 1. The maximum atomic E-state index is 11.5. The monoisotopic (exact) mass is 190 g/mol. The van der Waals surface area contributed by atoms with Crippen LogP contribution in [0.2, 0.25) is 0 Å². The zero-order valence-corrected chi connectivity index (χ0v) is 8.11. The van der Waals surface area contributed by atoms with Gasteiger partial charge in [-0.3, -0.25) is 4.79 Å². The van der Waals surface area contributed by atoms with Crippen molar-refractivity contribution in [2.24, 2.45) is 5.92 Å². The summed E-state index contributed by atoms with van der Waals surface area (Å²) in [5.41, 5.74) is 0. The van der Waals surface area contributed by atoms with Gasteiger partial charge in [0.25, 0.3) is 0 Å². The van der Waals surface area contributed by atoms with E-state index in [1.54, 1.807) is 0 Å². The molecule has 2 rings (SSSR count). The first-order valence-electron chi connectivity index (χ1n) is 5.07. The Kier molecular flexibility index (Phi) is 2.82. The molecule has 0 atom stereocenters. The molecule has 0 unspecified atom stereocenters. The molecule has 1 saturated carbocycles. The molecule has 1 aliphatic carbocycles. The number of hydrogen-bond acceptors (Lipinski definition) is 2. The summed E-state index contributed by atoms with van der Waals surface area (Å²) in [5, 5.41) is 0. The highest BCUT2D eigenvalue weighted by molar-refractivity contribution is 5.83. The molecule has 0 spiro atoms. The largest absolute Gasteiger partial charge is 0.486 e. The third-order valence-corrected chi connectivity index (χ3v) is 2.68. The normalized spacial score (nSPS) is 16.0. The van der Waals surface area contributed by atoms with E-state index in [4.69, 9.17) is 4.74 Å². The van der Waals surface area contributed by atoms with Crippen molar-refractivity contribution in [3.8, 4) is 5.75 Å². The first-order chi connectivity index (χ1) is 6.86. The van der Waals surface area contributed by atoms with Gasteiger partial charge in [-0.25, -0.2) is 0 Å². The number of ketones is 1. The second-order valence-corrected chi connectivity index (χ2v) is 3.70. The molecule has 0 heterocycles. The number of Topliss-reactive ketones (excluding diaryl/α,β-unsaturated/α-hetero) is 1. The molecule has 0 saturated heterocycles. The van der Waals surface area contributed by atoms with Crippen LogP contribution >= 0.6 is 0 Å². The Morgan fingerprint density at radius 1 is 1.29 bits per heavy atom. The Bertz CT molecular complexity index is 301. The molecule has 0 radical (unpaired) electrons. The third kappa shape index (κ3) is 2.13. The van der Waals surface area contributed by atoms with Crippen molar-refractivity contribution in [1.29, 1.82) is 0 Å². The number of para-hydroxylation sites is 1. The van der Waals surface area contributed by atoms with Crippen molar-refractivity contribution in [1.82, 2.24) is 0 Å². The number of benzene rings is 1. The van der Waals surface area contributed by atoms with E-state index < -0.39 is 0 Å². The van der Waals surface area contributed by atoms with Gasteiger partial charge in [0.1, 0.15) is 12.4 Å². The Labute approximate surface area is 83.9 Å². The third-order valence-electron chi connectivity index (χ3n) is 2.68.